The number of imide groups is 1. The fourth-order valence-corrected chi connectivity index (χ4v) is 4.41. The van der Waals surface area contributed by atoms with Crippen molar-refractivity contribution in [1.82, 2.24) is 0 Å². The molecule has 0 radical (unpaired) electrons. The molecule has 21 heavy (non-hydrogen) atoms. The molecule has 2 bridgehead atoms. The quantitative estimate of drug-likeness (QED) is 0.744. The van der Waals surface area contributed by atoms with Crippen LogP contribution >= 0.6 is 0 Å². The predicted octanol–water partition coefficient (Wildman–Crippen LogP) is 0.586. The molecule has 2 aliphatic carbocycles. The maximum atomic E-state index is 12.6. The second kappa shape index (κ2) is 4.16. The summed E-state index contributed by atoms with van der Waals surface area (Å²) in [4.78, 5) is 37.2. The molecule has 1 saturated heterocycles. The van der Waals surface area contributed by atoms with E-state index in [4.69, 9.17) is 0 Å². The zero-order chi connectivity index (χ0) is 14.7. The molecule has 1 aromatic carbocycles. The van der Waals surface area contributed by atoms with Crippen molar-refractivity contribution < 1.29 is 19.5 Å². The Morgan fingerprint density at radius 1 is 1.00 bits per heavy atom. The molecule has 0 spiro atoms. The van der Waals surface area contributed by atoms with E-state index in [0.717, 1.165) is 19.3 Å². The van der Waals surface area contributed by atoms with Gasteiger partial charge in [0.05, 0.1) is 23.5 Å². The van der Waals surface area contributed by atoms with Crippen LogP contribution in [0.4, 0.5) is 5.69 Å². The van der Waals surface area contributed by atoms with Gasteiger partial charge in [-0.25, -0.2) is 0 Å². The van der Waals surface area contributed by atoms with E-state index in [0.29, 0.717) is 17.5 Å². The van der Waals surface area contributed by atoms with E-state index in [1.165, 1.54) is 29.2 Å². The maximum Gasteiger partial charge on any atom is 0.237 e. The van der Waals surface area contributed by atoms with Crippen LogP contribution in [0.1, 0.15) is 29.6 Å². The number of amides is 2. The zero-order valence-electron chi connectivity index (χ0n) is 11.3. The second-order valence-corrected chi connectivity index (χ2v) is 6.23. The van der Waals surface area contributed by atoms with Crippen molar-refractivity contribution >= 4 is 23.5 Å². The molecular formula is C16H14NO4-. The first kappa shape index (κ1) is 12.6. The van der Waals surface area contributed by atoms with Crippen LogP contribution in [-0.2, 0) is 9.59 Å². The van der Waals surface area contributed by atoms with E-state index >= 15 is 0 Å². The number of benzene rings is 1. The smallest absolute Gasteiger partial charge is 0.237 e. The van der Waals surface area contributed by atoms with Crippen LogP contribution in [0.3, 0.4) is 0 Å². The molecule has 4 rings (SSSR count). The third kappa shape index (κ3) is 1.60. The van der Waals surface area contributed by atoms with Gasteiger partial charge in [-0.2, -0.15) is 0 Å². The second-order valence-electron chi connectivity index (χ2n) is 6.23. The minimum Gasteiger partial charge on any atom is -0.545 e. The predicted molar refractivity (Wildman–Crippen MR) is 71.1 cm³/mol. The summed E-state index contributed by atoms with van der Waals surface area (Å²) >= 11 is 0. The third-order valence-electron chi connectivity index (χ3n) is 5.29. The summed E-state index contributed by atoms with van der Waals surface area (Å²) in [6.45, 7) is 0. The van der Waals surface area contributed by atoms with Gasteiger partial charge in [-0.3, -0.25) is 14.5 Å². The Labute approximate surface area is 121 Å². The number of rotatable bonds is 2. The van der Waals surface area contributed by atoms with E-state index in [2.05, 4.69) is 0 Å². The molecule has 0 aromatic heterocycles. The first-order valence-corrected chi connectivity index (χ1v) is 7.27. The van der Waals surface area contributed by atoms with Gasteiger partial charge in [0.15, 0.2) is 0 Å². The molecule has 0 unspecified atom stereocenters. The summed E-state index contributed by atoms with van der Waals surface area (Å²) < 4.78 is 0. The number of nitrogens with zero attached hydrogens (tertiary/aromatic N) is 1. The van der Waals surface area contributed by atoms with Gasteiger partial charge < -0.3 is 9.90 Å². The fourth-order valence-electron chi connectivity index (χ4n) is 4.41. The van der Waals surface area contributed by atoms with Crippen molar-refractivity contribution in [3.63, 3.8) is 0 Å². The largest absolute Gasteiger partial charge is 0.545 e. The standard InChI is InChI=1S/C16H15NO4/c18-14-12-9-1-2-10(7-9)13(12)15(19)17(14)11-5-3-8(4-6-11)16(20)21/h3-6,9-10,12-13H,1-2,7H2,(H,20,21)/p-1/t9-,10+,12-,13-/m0/s1. The average Bonchev–Trinajstić information content (AvgIpc) is 3.13. The van der Waals surface area contributed by atoms with Crippen molar-refractivity contribution in [3.05, 3.63) is 29.8 Å². The van der Waals surface area contributed by atoms with Crippen LogP contribution in [0.5, 0.6) is 0 Å². The Kier molecular flexibility index (Phi) is 2.49. The highest BCUT2D eigenvalue weighted by molar-refractivity contribution is 6.22. The van der Waals surface area contributed by atoms with Gasteiger partial charge in [-0.15, -0.1) is 0 Å². The topological polar surface area (TPSA) is 77.5 Å². The number of carbonyl (C=O) groups excluding carboxylic acids is 3. The average molecular weight is 284 g/mol. The molecule has 2 amide bonds. The highest BCUT2D eigenvalue weighted by Crippen LogP contribution is 2.56. The van der Waals surface area contributed by atoms with Crippen LogP contribution in [0.25, 0.3) is 0 Å². The number of carboxylic acid groups (broad SMARTS) is 1. The molecule has 4 atom stereocenters. The summed E-state index contributed by atoms with van der Waals surface area (Å²) in [5, 5.41) is 10.8. The molecule has 108 valence electrons. The molecule has 2 saturated carbocycles. The van der Waals surface area contributed by atoms with Crippen molar-refractivity contribution in [1.29, 1.82) is 0 Å². The van der Waals surface area contributed by atoms with E-state index in [-0.39, 0.29) is 29.2 Å². The molecule has 1 heterocycles. The van der Waals surface area contributed by atoms with Crippen molar-refractivity contribution in [2.75, 3.05) is 4.90 Å². The maximum absolute atomic E-state index is 12.6. The molecular weight excluding hydrogens is 270 g/mol. The Morgan fingerprint density at radius 2 is 1.52 bits per heavy atom. The van der Waals surface area contributed by atoms with E-state index in [9.17, 15) is 19.5 Å². The number of anilines is 1. The number of carboxylic acids is 1. The summed E-state index contributed by atoms with van der Waals surface area (Å²) in [5.74, 6) is -1.10. The van der Waals surface area contributed by atoms with Gasteiger partial charge in [0.25, 0.3) is 0 Å². The highest BCUT2D eigenvalue weighted by atomic mass is 16.4. The van der Waals surface area contributed by atoms with E-state index in [1.54, 1.807) is 0 Å². The van der Waals surface area contributed by atoms with Crippen LogP contribution in [0.15, 0.2) is 24.3 Å². The summed E-state index contributed by atoms with van der Waals surface area (Å²) in [7, 11) is 0. The minimum absolute atomic E-state index is 0.0399. The van der Waals surface area contributed by atoms with Gasteiger partial charge in [0.1, 0.15) is 0 Å². The number of carbonyl (C=O) groups is 3. The highest BCUT2D eigenvalue weighted by Gasteiger charge is 2.61. The van der Waals surface area contributed by atoms with Crippen LogP contribution in [-0.4, -0.2) is 17.8 Å². The van der Waals surface area contributed by atoms with Crippen molar-refractivity contribution in [2.24, 2.45) is 23.7 Å². The van der Waals surface area contributed by atoms with Gasteiger partial charge in [-0.1, -0.05) is 12.1 Å². The SMILES string of the molecule is O=C([O-])c1ccc(N2C(=O)[C@H]3[C@@H]4CC[C@@H](C4)[C@@H]3C2=O)cc1. The number of hydrogen-bond acceptors (Lipinski definition) is 4. The van der Waals surface area contributed by atoms with Crippen molar-refractivity contribution in [2.45, 2.75) is 19.3 Å². The lowest BCUT2D eigenvalue weighted by molar-refractivity contribution is -0.255. The molecule has 0 N–H and O–H groups in total. The molecule has 3 aliphatic rings. The fraction of sp³-hybridized carbons (Fsp3) is 0.438. The van der Waals surface area contributed by atoms with Crippen LogP contribution in [0, 0.1) is 23.7 Å². The first-order chi connectivity index (χ1) is 10.1. The summed E-state index contributed by atoms with van der Waals surface area (Å²) in [5.41, 5.74) is 0.502. The number of aromatic carboxylic acids is 1. The normalized spacial score (nSPS) is 33.6. The monoisotopic (exact) mass is 284 g/mol. The van der Waals surface area contributed by atoms with Gasteiger partial charge >= 0.3 is 0 Å². The van der Waals surface area contributed by atoms with Crippen LogP contribution < -0.4 is 10.0 Å². The third-order valence-corrected chi connectivity index (χ3v) is 5.29. The van der Waals surface area contributed by atoms with Gasteiger partial charge in [-0.05, 0) is 48.8 Å². The van der Waals surface area contributed by atoms with Gasteiger partial charge in [0.2, 0.25) is 11.8 Å². The van der Waals surface area contributed by atoms with Crippen LogP contribution in [0.2, 0.25) is 0 Å². The van der Waals surface area contributed by atoms with E-state index < -0.39 is 5.97 Å². The Hall–Kier alpha value is -2.17. The lowest BCUT2D eigenvalue weighted by atomic mass is 9.81. The molecule has 1 aliphatic heterocycles. The molecule has 1 aromatic rings. The number of hydrogen-bond donors (Lipinski definition) is 0. The number of fused-ring (bicyclic) bond motifs is 5. The Morgan fingerprint density at radius 3 is 2.00 bits per heavy atom. The summed E-state index contributed by atoms with van der Waals surface area (Å²) in [6.07, 6.45) is 3.09. The lowest BCUT2D eigenvalue weighted by Gasteiger charge is -2.19. The Balaban J connectivity index is 1.68. The zero-order valence-corrected chi connectivity index (χ0v) is 11.3. The Bertz CT molecular complexity index is 623. The van der Waals surface area contributed by atoms with Crippen molar-refractivity contribution in [3.8, 4) is 0 Å². The summed E-state index contributed by atoms with van der Waals surface area (Å²) in [6, 6.07) is 5.75. The van der Waals surface area contributed by atoms with E-state index in [1.807, 2.05) is 0 Å². The minimum atomic E-state index is -1.27. The molecule has 3 fully saturated rings. The molecule has 5 heteroatoms. The lowest BCUT2D eigenvalue weighted by Crippen LogP contribution is -2.32. The molecule has 5 nitrogen and oxygen atoms in total. The first-order valence-electron chi connectivity index (χ1n) is 7.27. The van der Waals surface area contributed by atoms with Gasteiger partial charge in [0, 0.05) is 0 Å².